The molecule has 0 aliphatic carbocycles. The molecule has 140 valence electrons. The zero-order valence-electron chi connectivity index (χ0n) is 13.5. The van der Waals surface area contributed by atoms with Gasteiger partial charge in [-0.1, -0.05) is 11.6 Å². The summed E-state index contributed by atoms with van der Waals surface area (Å²) in [6.07, 6.45) is 0.777. The van der Waals surface area contributed by atoms with Crippen LogP contribution in [0.25, 0.3) is 0 Å². The SMILES string of the molecule is O=S(=O)(c1ccc(OC(F)F)c(Cl)c1)N1CCC(N2CCNCC2)C1. The fourth-order valence-corrected chi connectivity index (χ4v) is 5.07. The Morgan fingerprint density at radius 2 is 1.96 bits per heavy atom. The second-order valence-electron chi connectivity index (χ2n) is 6.06. The molecule has 0 saturated carbocycles. The molecule has 2 fully saturated rings. The van der Waals surface area contributed by atoms with Crippen LogP contribution in [-0.2, 0) is 10.0 Å². The number of nitrogens with zero attached hydrogens (tertiary/aromatic N) is 2. The van der Waals surface area contributed by atoms with Gasteiger partial charge in [0.25, 0.3) is 0 Å². The lowest BCUT2D eigenvalue weighted by atomic mass is 10.2. The number of hydrogen-bond donors (Lipinski definition) is 1. The Kier molecular flexibility index (Phi) is 5.79. The number of benzene rings is 1. The minimum Gasteiger partial charge on any atom is -0.433 e. The Morgan fingerprint density at radius 3 is 2.60 bits per heavy atom. The van der Waals surface area contributed by atoms with Crippen LogP contribution in [0.2, 0.25) is 5.02 Å². The Balaban J connectivity index is 1.72. The van der Waals surface area contributed by atoms with Crippen molar-refractivity contribution in [3.8, 4) is 5.75 Å². The van der Waals surface area contributed by atoms with Crippen LogP contribution >= 0.6 is 11.6 Å². The van der Waals surface area contributed by atoms with Gasteiger partial charge in [0.15, 0.2) is 0 Å². The number of halogens is 3. The molecule has 0 aromatic heterocycles. The summed E-state index contributed by atoms with van der Waals surface area (Å²) in [5.74, 6) is -0.240. The van der Waals surface area contributed by atoms with Crippen molar-refractivity contribution in [2.75, 3.05) is 39.3 Å². The van der Waals surface area contributed by atoms with Gasteiger partial charge in [0.05, 0.1) is 9.92 Å². The van der Waals surface area contributed by atoms with Crippen molar-refractivity contribution >= 4 is 21.6 Å². The first-order valence-corrected chi connectivity index (χ1v) is 9.89. The number of nitrogens with one attached hydrogen (secondary N) is 1. The monoisotopic (exact) mass is 395 g/mol. The van der Waals surface area contributed by atoms with Crippen LogP contribution in [0.15, 0.2) is 23.1 Å². The molecule has 0 bridgehead atoms. The molecule has 2 saturated heterocycles. The summed E-state index contributed by atoms with van der Waals surface area (Å²) in [4.78, 5) is 2.29. The van der Waals surface area contributed by atoms with Gasteiger partial charge in [-0.2, -0.15) is 13.1 Å². The third-order valence-electron chi connectivity index (χ3n) is 4.55. The highest BCUT2D eigenvalue weighted by molar-refractivity contribution is 7.89. The Hall–Kier alpha value is -1.00. The van der Waals surface area contributed by atoms with Gasteiger partial charge in [0.2, 0.25) is 10.0 Å². The number of piperazine rings is 1. The van der Waals surface area contributed by atoms with E-state index in [9.17, 15) is 17.2 Å². The van der Waals surface area contributed by atoms with Crippen molar-refractivity contribution in [2.45, 2.75) is 24.0 Å². The second-order valence-corrected chi connectivity index (χ2v) is 8.41. The molecule has 6 nitrogen and oxygen atoms in total. The minimum absolute atomic E-state index is 0.0138. The highest BCUT2D eigenvalue weighted by atomic mass is 35.5. The van der Waals surface area contributed by atoms with Gasteiger partial charge in [-0.05, 0) is 24.6 Å². The third-order valence-corrected chi connectivity index (χ3v) is 6.71. The predicted octanol–water partition coefficient (Wildman–Crippen LogP) is 1.61. The van der Waals surface area contributed by atoms with Gasteiger partial charge >= 0.3 is 6.61 Å². The highest BCUT2D eigenvalue weighted by Gasteiger charge is 2.35. The van der Waals surface area contributed by atoms with E-state index in [-0.39, 0.29) is 21.7 Å². The average molecular weight is 396 g/mol. The van der Waals surface area contributed by atoms with Crippen molar-refractivity contribution in [3.05, 3.63) is 23.2 Å². The van der Waals surface area contributed by atoms with E-state index in [0.717, 1.165) is 44.7 Å². The van der Waals surface area contributed by atoms with Crippen molar-refractivity contribution in [3.63, 3.8) is 0 Å². The quantitative estimate of drug-likeness (QED) is 0.820. The molecule has 10 heteroatoms. The lowest BCUT2D eigenvalue weighted by Crippen LogP contribution is -2.49. The highest BCUT2D eigenvalue weighted by Crippen LogP contribution is 2.31. The summed E-state index contributed by atoms with van der Waals surface area (Å²) in [7, 11) is -3.71. The van der Waals surface area contributed by atoms with E-state index in [0.29, 0.717) is 13.1 Å². The summed E-state index contributed by atoms with van der Waals surface area (Å²) >= 11 is 5.88. The zero-order valence-corrected chi connectivity index (χ0v) is 15.1. The van der Waals surface area contributed by atoms with Crippen molar-refractivity contribution in [1.82, 2.24) is 14.5 Å². The molecule has 1 aromatic rings. The van der Waals surface area contributed by atoms with E-state index in [1.165, 1.54) is 10.4 Å². The summed E-state index contributed by atoms with van der Waals surface area (Å²) < 4.78 is 55.8. The maximum Gasteiger partial charge on any atom is 0.387 e. The number of sulfonamides is 1. The molecular weight excluding hydrogens is 376 g/mol. The lowest BCUT2D eigenvalue weighted by molar-refractivity contribution is -0.0498. The molecule has 0 spiro atoms. The summed E-state index contributed by atoms with van der Waals surface area (Å²) in [6.45, 7) is 1.47. The van der Waals surface area contributed by atoms with Crippen LogP contribution < -0.4 is 10.1 Å². The first-order chi connectivity index (χ1) is 11.9. The number of ether oxygens (including phenoxy) is 1. The van der Waals surface area contributed by atoms with E-state index in [1.807, 2.05) is 0 Å². The lowest BCUT2D eigenvalue weighted by Gasteiger charge is -2.32. The molecule has 2 heterocycles. The van der Waals surface area contributed by atoms with Gasteiger partial charge < -0.3 is 10.1 Å². The normalized spacial score (nSPS) is 23.3. The number of rotatable bonds is 5. The predicted molar refractivity (Wildman–Crippen MR) is 89.7 cm³/mol. The zero-order chi connectivity index (χ0) is 18.0. The van der Waals surface area contributed by atoms with Crippen LogP contribution in [-0.4, -0.2) is 69.5 Å². The standard InChI is InChI=1S/C15H20ClF2N3O3S/c16-13-9-12(1-2-14(13)24-15(17)18)25(22,23)21-6-3-11(10-21)20-7-4-19-5-8-20/h1-2,9,11,15,19H,3-8,10H2. The molecule has 1 aromatic carbocycles. The van der Waals surface area contributed by atoms with Gasteiger partial charge in [-0.3, -0.25) is 4.90 Å². The molecule has 0 radical (unpaired) electrons. The third kappa shape index (κ3) is 4.22. The van der Waals surface area contributed by atoms with E-state index in [1.54, 1.807) is 0 Å². The van der Waals surface area contributed by atoms with Crippen molar-refractivity contribution in [1.29, 1.82) is 0 Å². The van der Waals surface area contributed by atoms with Gasteiger partial charge in [0, 0.05) is 45.3 Å². The van der Waals surface area contributed by atoms with Crippen LogP contribution in [0.4, 0.5) is 8.78 Å². The van der Waals surface area contributed by atoms with Crippen LogP contribution in [0.5, 0.6) is 5.75 Å². The molecule has 1 unspecified atom stereocenters. The summed E-state index contributed by atoms with van der Waals surface area (Å²) in [6, 6.07) is 3.77. The molecule has 3 rings (SSSR count). The minimum atomic E-state index is -3.71. The van der Waals surface area contributed by atoms with Crippen LogP contribution in [0.3, 0.4) is 0 Å². The number of alkyl halides is 2. The fourth-order valence-electron chi connectivity index (χ4n) is 3.26. The molecule has 2 aliphatic heterocycles. The van der Waals surface area contributed by atoms with Crippen LogP contribution in [0, 0.1) is 0 Å². The molecule has 25 heavy (non-hydrogen) atoms. The van der Waals surface area contributed by atoms with Gasteiger partial charge in [-0.25, -0.2) is 8.42 Å². The summed E-state index contributed by atoms with van der Waals surface area (Å²) in [5, 5.41) is 3.12. The van der Waals surface area contributed by atoms with E-state index in [4.69, 9.17) is 11.6 Å². The first kappa shape index (κ1) is 18.8. The molecule has 1 N–H and O–H groups in total. The van der Waals surface area contributed by atoms with Crippen molar-refractivity contribution < 1.29 is 21.9 Å². The maximum atomic E-state index is 12.8. The van der Waals surface area contributed by atoms with Crippen molar-refractivity contribution in [2.24, 2.45) is 0 Å². The number of hydrogen-bond acceptors (Lipinski definition) is 5. The fraction of sp³-hybridized carbons (Fsp3) is 0.600. The Labute approximate surface area is 150 Å². The topological polar surface area (TPSA) is 61.9 Å². The molecule has 2 aliphatic rings. The molecule has 1 atom stereocenters. The van der Waals surface area contributed by atoms with Gasteiger partial charge in [0.1, 0.15) is 5.75 Å². The maximum absolute atomic E-state index is 12.8. The second kappa shape index (κ2) is 7.71. The molecule has 0 amide bonds. The Morgan fingerprint density at radius 1 is 1.24 bits per heavy atom. The largest absolute Gasteiger partial charge is 0.433 e. The van der Waals surface area contributed by atoms with E-state index >= 15 is 0 Å². The summed E-state index contributed by atoms with van der Waals surface area (Å²) in [5.41, 5.74) is 0. The first-order valence-electron chi connectivity index (χ1n) is 8.07. The Bertz CT molecular complexity index is 714. The van der Waals surface area contributed by atoms with E-state index < -0.39 is 16.6 Å². The van der Waals surface area contributed by atoms with Gasteiger partial charge in [-0.15, -0.1) is 0 Å². The molecular formula is C15H20ClF2N3O3S. The smallest absolute Gasteiger partial charge is 0.387 e. The van der Waals surface area contributed by atoms with E-state index in [2.05, 4.69) is 15.0 Å². The average Bonchev–Trinajstić information content (AvgIpc) is 3.08. The van der Waals surface area contributed by atoms with Crippen LogP contribution in [0.1, 0.15) is 6.42 Å².